The third-order valence-corrected chi connectivity index (χ3v) is 6.23. The lowest BCUT2D eigenvalue weighted by Gasteiger charge is -2.26. The second-order valence-corrected chi connectivity index (χ2v) is 8.80. The van der Waals surface area contributed by atoms with Gasteiger partial charge in [0, 0.05) is 6.04 Å². The Morgan fingerprint density at radius 1 is 1.18 bits per heavy atom. The van der Waals surface area contributed by atoms with Crippen LogP contribution in [-0.2, 0) is 16.4 Å². The number of benzene rings is 1. The molecule has 3 nitrogen and oxygen atoms in total. The van der Waals surface area contributed by atoms with E-state index in [4.69, 9.17) is 0 Å². The molecule has 0 bridgehead atoms. The average Bonchev–Trinajstić information content (AvgIpc) is 2.46. The summed E-state index contributed by atoms with van der Waals surface area (Å²) >= 11 is 0. The molecule has 1 saturated carbocycles. The van der Waals surface area contributed by atoms with Crippen LogP contribution in [0.5, 0.6) is 0 Å². The fourth-order valence-corrected chi connectivity index (χ4v) is 4.56. The molecule has 0 saturated heterocycles. The summed E-state index contributed by atoms with van der Waals surface area (Å²) in [7, 11) is -3.38. The maximum absolute atomic E-state index is 12.2. The molecule has 1 N–H and O–H groups in total. The lowest BCUT2D eigenvalue weighted by atomic mass is 9.80. The van der Waals surface area contributed by atoms with Gasteiger partial charge >= 0.3 is 0 Å². The number of hydrogen-bond acceptors (Lipinski definition) is 2. The van der Waals surface area contributed by atoms with Gasteiger partial charge in [-0.15, -0.1) is 0 Å². The van der Waals surface area contributed by atoms with Gasteiger partial charge in [0.15, 0.2) is 0 Å². The Labute approximate surface area is 135 Å². The number of nitrogens with one attached hydrogen (secondary N) is 1. The van der Waals surface area contributed by atoms with Gasteiger partial charge in [-0.1, -0.05) is 44.7 Å². The number of sulfonamides is 1. The van der Waals surface area contributed by atoms with Gasteiger partial charge in [-0.05, 0) is 56.2 Å². The standard InChI is InChI=1S/C18H29NO2S/c1-14(2)19-22(20,21)18-6-4-5-17(13-18)12-11-16-9-7-15(3)8-10-16/h4-6,13-16,19H,7-12H2,1-3H3. The molecule has 1 aliphatic rings. The van der Waals surface area contributed by atoms with Gasteiger partial charge in [0.05, 0.1) is 4.90 Å². The molecule has 1 aromatic rings. The zero-order valence-electron chi connectivity index (χ0n) is 14.0. The normalized spacial score (nSPS) is 22.9. The molecule has 124 valence electrons. The third-order valence-electron chi connectivity index (χ3n) is 4.58. The highest BCUT2D eigenvalue weighted by molar-refractivity contribution is 7.89. The van der Waals surface area contributed by atoms with Crippen molar-refractivity contribution >= 4 is 10.0 Å². The Morgan fingerprint density at radius 3 is 2.50 bits per heavy atom. The van der Waals surface area contributed by atoms with E-state index in [0.29, 0.717) is 4.90 Å². The van der Waals surface area contributed by atoms with Crippen molar-refractivity contribution < 1.29 is 8.42 Å². The van der Waals surface area contributed by atoms with E-state index in [2.05, 4.69) is 11.6 Å². The Hall–Kier alpha value is -0.870. The van der Waals surface area contributed by atoms with Gasteiger partial charge in [0.2, 0.25) is 10.0 Å². The largest absolute Gasteiger partial charge is 0.240 e. The van der Waals surface area contributed by atoms with Gasteiger partial charge in [-0.2, -0.15) is 0 Å². The van der Waals surface area contributed by atoms with Crippen molar-refractivity contribution in [2.75, 3.05) is 0 Å². The summed E-state index contributed by atoms with van der Waals surface area (Å²) < 4.78 is 27.1. The van der Waals surface area contributed by atoms with Gasteiger partial charge in [-0.25, -0.2) is 13.1 Å². The summed E-state index contributed by atoms with van der Waals surface area (Å²) in [5.41, 5.74) is 1.13. The van der Waals surface area contributed by atoms with E-state index in [0.717, 1.165) is 23.8 Å². The van der Waals surface area contributed by atoms with Crippen LogP contribution < -0.4 is 4.72 Å². The molecule has 2 rings (SSSR count). The zero-order valence-corrected chi connectivity index (χ0v) is 14.8. The first kappa shape index (κ1) is 17.5. The predicted octanol–water partition coefficient (Wildman–Crippen LogP) is 4.13. The SMILES string of the molecule is CC1CCC(CCc2cccc(S(=O)(=O)NC(C)C)c2)CC1. The maximum atomic E-state index is 12.2. The van der Waals surface area contributed by atoms with Crippen LogP contribution >= 0.6 is 0 Å². The Kier molecular flexibility index (Phi) is 6.04. The first-order chi connectivity index (χ1) is 10.4. The van der Waals surface area contributed by atoms with Crippen LogP contribution in [0.1, 0.15) is 58.4 Å². The summed E-state index contributed by atoms with van der Waals surface area (Å²) in [4.78, 5) is 0.385. The van der Waals surface area contributed by atoms with Crippen molar-refractivity contribution in [3.8, 4) is 0 Å². The van der Waals surface area contributed by atoms with E-state index < -0.39 is 10.0 Å². The van der Waals surface area contributed by atoms with E-state index in [9.17, 15) is 8.42 Å². The van der Waals surface area contributed by atoms with Gasteiger partial charge in [0.25, 0.3) is 0 Å². The molecule has 1 aliphatic carbocycles. The van der Waals surface area contributed by atoms with Crippen LogP contribution in [0.3, 0.4) is 0 Å². The van der Waals surface area contributed by atoms with E-state index in [1.54, 1.807) is 6.07 Å². The van der Waals surface area contributed by atoms with Crippen molar-refractivity contribution in [3.63, 3.8) is 0 Å². The molecule has 0 amide bonds. The molecule has 0 spiro atoms. The van der Waals surface area contributed by atoms with E-state index in [1.165, 1.54) is 32.1 Å². The van der Waals surface area contributed by atoms with Crippen LogP contribution in [0.2, 0.25) is 0 Å². The lowest BCUT2D eigenvalue weighted by Crippen LogP contribution is -2.30. The van der Waals surface area contributed by atoms with Crippen molar-refractivity contribution in [1.29, 1.82) is 0 Å². The van der Waals surface area contributed by atoms with Crippen LogP contribution in [0.4, 0.5) is 0 Å². The highest BCUT2D eigenvalue weighted by atomic mass is 32.2. The van der Waals surface area contributed by atoms with E-state index in [1.807, 2.05) is 32.0 Å². The molecular formula is C18H29NO2S. The van der Waals surface area contributed by atoms with Gasteiger partial charge in [0.1, 0.15) is 0 Å². The van der Waals surface area contributed by atoms with Gasteiger partial charge < -0.3 is 0 Å². The van der Waals surface area contributed by atoms with Gasteiger partial charge in [-0.3, -0.25) is 0 Å². The molecule has 0 radical (unpaired) electrons. The quantitative estimate of drug-likeness (QED) is 0.855. The van der Waals surface area contributed by atoms with E-state index >= 15 is 0 Å². The fourth-order valence-electron chi connectivity index (χ4n) is 3.24. The second kappa shape index (κ2) is 7.60. The van der Waals surface area contributed by atoms with Crippen LogP contribution in [-0.4, -0.2) is 14.5 Å². The molecule has 0 unspecified atom stereocenters. The van der Waals surface area contributed by atoms with Crippen molar-refractivity contribution in [2.24, 2.45) is 11.8 Å². The molecule has 0 atom stereocenters. The third kappa shape index (κ3) is 5.10. The number of aryl methyl sites for hydroxylation is 1. The minimum absolute atomic E-state index is 0.0853. The van der Waals surface area contributed by atoms with Crippen molar-refractivity contribution in [1.82, 2.24) is 4.72 Å². The van der Waals surface area contributed by atoms with E-state index in [-0.39, 0.29) is 6.04 Å². The number of rotatable bonds is 6. The predicted molar refractivity (Wildman–Crippen MR) is 91.3 cm³/mol. The molecule has 0 aromatic heterocycles. The fraction of sp³-hybridized carbons (Fsp3) is 0.667. The summed E-state index contributed by atoms with van der Waals surface area (Å²) in [6, 6.07) is 7.32. The molecule has 4 heteroatoms. The molecular weight excluding hydrogens is 294 g/mol. The summed E-state index contributed by atoms with van der Waals surface area (Å²) in [5.74, 6) is 1.69. The minimum atomic E-state index is -3.38. The smallest absolute Gasteiger partial charge is 0.209 e. The van der Waals surface area contributed by atoms with Crippen molar-refractivity contribution in [3.05, 3.63) is 29.8 Å². The Morgan fingerprint density at radius 2 is 1.86 bits per heavy atom. The highest BCUT2D eigenvalue weighted by Gasteiger charge is 2.19. The average molecular weight is 324 g/mol. The Balaban J connectivity index is 1.97. The topological polar surface area (TPSA) is 46.2 Å². The Bertz CT molecular complexity index is 573. The molecule has 0 heterocycles. The second-order valence-electron chi connectivity index (χ2n) is 7.09. The summed E-state index contributed by atoms with van der Waals surface area (Å²) in [6.07, 6.45) is 7.49. The molecule has 0 aliphatic heterocycles. The first-order valence-corrected chi connectivity index (χ1v) is 9.96. The maximum Gasteiger partial charge on any atom is 0.240 e. The molecule has 1 aromatic carbocycles. The zero-order chi connectivity index (χ0) is 16.2. The van der Waals surface area contributed by atoms with Crippen LogP contribution in [0, 0.1) is 11.8 Å². The first-order valence-electron chi connectivity index (χ1n) is 8.48. The molecule has 22 heavy (non-hydrogen) atoms. The highest BCUT2D eigenvalue weighted by Crippen LogP contribution is 2.31. The monoisotopic (exact) mass is 323 g/mol. The minimum Gasteiger partial charge on any atom is -0.209 e. The van der Waals surface area contributed by atoms with Crippen LogP contribution in [0.25, 0.3) is 0 Å². The van der Waals surface area contributed by atoms with Crippen LogP contribution in [0.15, 0.2) is 29.2 Å². The molecule has 1 fully saturated rings. The summed E-state index contributed by atoms with van der Waals surface area (Å²) in [6.45, 7) is 6.02. The van der Waals surface area contributed by atoms with Crippen molar-refractivity contribution in [2.45, 2.75) is 70.2 Å². The number of hydrogen-bond donors (Lipinski definition) is 1. The summed E-state index contributed by atoms with van der Waals surface area (Å²) in [5, 5.41) is 0. The lowest BCUT2D eigenvalue weighted by molar-refractivity contribution is 0.278.